The summed E-state index contributed by atoms with van der Waals surface area (Å²) in [5, 5.41) is 3.99. The van der Waals surface area contributed by atoms with E-state index in [2.05, 4.69) is 15.2 Å². The van der Waals surface area contributed by atoms with Gasteiger partial charge in [-0.3, -0.25) is 0 Å². The number of hydrogen-bond donors (Lipinski definition) is 1. The molecule has 0 spiro atoms. The molecule has 9 heteroatoms. The van der Waals surface area contributed by atoms with E-state index in [4.69, 9.17) is 17.0 Å². The van der Waals surface area contributed by atoms with Gasteiger partial charge in [-0.2, -0.15) is 0 Å². The van der Waals surface area contributed by atoms with Crippen molar-refractivity contribution in [2.75, 3.05) is 26.8 Å². The first-order chi connectivity index (χ1) is 14.4. The minimum Gasteiger partial charge on any atom is -0.383 e. The lowest BCUT2D eigenvalue weighted by molar-refractivity contribution is 0.182. The minimum atomic E-state index is -3.60. The third kappa shape index (κ3) is 6.02. The average Bonchev–Trinajstić information content (AvgIpc) is 3.44. The summed E-state index contributed by atoms with van der Waals surface area (Å²) in [6.07, 6.45) is 4.08. The van der Waals surface area contributed by atoms with E-state index in [9.17, 15) is 8.42 Å². The van der Waals surface area contributed by atoms with E-state index in [0.29, 0.717) is 30.7 Å². The zero-order valence-corrected chi connectivity index (χ0v) is 19.2. The van der Waals surface area contributed by atoms with Crippen LogP contribution in [0.15, 0.2) is 41.7 Å². The standard InChI is InChI=1S/C21H30N4O3S2/c1-3-22-20(29)24(14-17-9-10-17)15-19-13-23-21(25(19)11-12-28-2)30(26,27)16-18-7-5-4-6-8-18/h4-8,13,17H,3,9-12,14-16H2,1-2H3,(H,22,29). The Hall–Kier alpha value is -1.97. The van der Waals surface area contributed by atoms with Gasteiger partial charge in [0, 0.05) is 26.7 Å². The molecule has 0 amide bonds. The summed E-state index contributed by atoms with van der Waals surface area (Å²) in [7, 11) is -2.00. The molecule has 164 valence electrons. The SMILES string of the molecule is CCNC(=S)N(Cc1cnc(S(=O)(=O)Cc2ccccc2)n1CCOC)CC1CC1. The number of nitrogens with one attached hydrogen (secondary N) is 1. The Morgan fingerprint density at radius 2 is 2.07 bits per heavy atom. The molecule has 1 saturated carbocycles. The highest BCUT2D eigenvalue weighted by molar-refractivity contribution is 7.90. The number of imidazole rings is 1. The number of hydrogen-bond acceptors (Lipinski definition) is 5. The van der Waals surface area contributed by atoms with E-state index in [1.807, 2.05) is 37.3 Å². The molecule has 0 bridgehead atoms. The van der Waals surface area contributed by atoms with Crippen molar-refractivity contribution in [1.29, 1.82) is 0 Å². The van der Waals surface area contributed by atoms with Gasteiger partial charge in [-0.15, -0.1) is 0 Å². The number of thiocarbonyl (C=S) groups is 1. The predicted octanol–water partition coefficient (Wildman–Crippen LogP) is 2.61. The van der Waals surface area contributed by atoms with Crippen molar-refractivity contribution >= 4 is 27.2 Å². The van der Waals surface area contributed by atoms with Gasteiger partial charge in [-0.05, 0) is 43.5 Å². The van der Waals surface area contributed by atoms with E-state index in [1.54, 1.807) is 17.9 Å². The number of nitrogens with zero attached hydrogens (tertiary/aromatic N) is 3. The van der Waals surface area contributed by atoms with E-state index >= 15 is 0 Å². The first-order valence-corrected chi connectivity index (χ1v) is 12.3. The Bertz CT molecular complexity index is 940. The fraction of sp³-hybridized carbons (Fsp3) is 0.524. The molecule has 3 rings (SSSR count). The zero-order valence-electron chi connectivity index (χ0n) is 17.6. The lowest BCUT2D eigenvalue weighted by Gasteiger charge is -2.26. The van der Waals surface area contributed by atoms with Crippen LogP contribution in [-0.4, -0.2) is 54.8 Å². The smallest absolute Gasteiger partial charge is 0.228 e. The van der Waals surface area contributed by atoms with Crippen LogP contribution in [0.5, 0.6) is 0 Å². The minimum absolute atomic E-state index is 0.0825. The molecule has 1 heterocycles. The van der Waals surface area contributed by atoms with Crippen LogP contribution in [0.4, 0.5) is 0 Å². The van der Waals surface area contributed by atoms with Gasteiger partial charge >= 0.3 is 0 Å². The molecule has 2 aromatic rings. The fourth-order valence-electron chi connectivity index (χ4n) is 3.34. The largest absolute Gasteiger partial charge is 0.383 e. The van der Waals surface area contributed by atoms with Gasteiger partial charge in [0.25, 0.3) is 0 Å². The lowest BCUT2D eigenvalue weighted by atomic mass is 10.2. The average molecular weight is 451 g/mol. The van der Waals surface area contributed by atoms with Gasteiger partial charge in [0.05, 0.1) is 30.8 Å². The fourth-order valence-corrected chi connectivity index (χ4v) is 5.14. The summed E-state index contributed by atoms with van der Waals surface area (Å²) in [4.78, 5) is 6.43. The number of methoxy groups -OCH3 is 1. The van der Waals surface area contributed by atoms with Gasteiger partial charge in [0.1, 0.15) is 0 Å². The molecule has 7 nitrogen and oxygen atoms in total. The molecule has 0 radical (unpaired) electrons. The monoisotopic (exact) mass is 450 g/mol. The summed E-state index contributed by atoms with van der Waals surface area (Å²) in [6, 6.07) is 9.17. The number of benzene rings is 1. The van der Waals surface area contributed by atoms with Crippen LogP contribution in [0, 0.1) is 5.92 Å². The normalized spacial score (nSPS) is 13.9. The summed E-state index contributed by atoms with van der Waals surface area (Å²) in [5.41, 5.74) is 1.56. The highest BCUT2D eigenvalue weighted by atomic mass is 32.2. The molecule has 1 aromatic carbocycles. The maximum absolute atomic E-state index is 13.1. The third-order valence-electron chi connectivity index (χ3n) is 5.04. The van der Waals surface area contributed by atoms with Gasteiger partial charge in [0.15, 0.2) is 5.11 Å². The Morgan fingerprint density at radius 1 is 1.33 bits per heavy atom. The summed E-state index contributed by atoms with van der Waals surface area (Å²) >= 11 is 5.56. The van der Waals surface area contributed by atoms with Gasteiger partial charge in [-0.1, -0.05) is 30.3 Å². The van der Waals surface area contributed by atoms with E-state index in [-0.39, 0.29) is 10.9 Å². The van der Waals surface area contributed by atoms with Crippen LogP contribution in [0.25, 0.3) is 0 Å². The van der Waals surface area contributed by atoms with Crippen LogP contribution in [0.3, 0.4) is 0 Å². The van der Waals surface area contributed by atoms with Gasteiger partial charge < -0.3 is 19.5 Å². The maximum Gasteiger partial charge on any atom is 0.228 e. The van der Waals surface area contributed by atoms with Crippen LogP contribution < -0.4 is 5.32 Å². The lowest BCUT2D eigenvalue weighted by Crippen LogP contribution is -2.40. The Labute approximate surface area is 184 Å². The Kier molecular flexibility index (Phi) is 7.85. The van der Waals surface area contributed by atoms with Crippen molar-refractivity contribution in [3.05, 3.63) is 47.8 Å². The van der Waals surface area contributed by atoms with Crippen molar-refractivity contribution in [3.8, 4) is 0 Å². The number of sulfone groups is 1. The van der Waals surface area contributed by atoms with Gasteiger partial charge in [-0.25, -0.2) is 13.4 Å². The number of aromatic nitrogens is 2. The second kappa shape index (κ2) is 10.4. The van der Waals surface area contributed by atoms with Crippen molar-refractivity contribution in [3.63, 3.8) is 0 Å². The molecule has 0 saturated heterocycles. The van der Waals surface area contributed by atoms with Crippen LogP contribution in [0.1, 0.15) is 31.0 Å². The summed E-state index contributed by atoms with van der Waals surface area (Å²) in [5.74, 6) is 0.567. The first kappa shape index (κ1) is 22.7. The Morgan fingerprint density at radius 3 is 2.70 bits per heavy atom. The van der Waals surface area contributed by atoms with E-state index in [1.165, 1.54) is 12.8 Å². The van der Waals surface area contributed by atoms with Gasteiger partial charge in [0.2, 0.25) is 15.0 Å². The molecule has 30 heavy (non-hydrogen) atoms. The van der Waals surface area contributed by atoms with E-state index < -0.39 is 9.84 Å². The highest BCUT2D eigenvalue weighted by Gasteiger charge is 2.28. The molecule has 1 fully saturated rings. The molecule has 0 unspecified atom stereocenters. The zero-order chi connectivity index (χ0) is 21.6. The molecule has 0 atom stereocenters. The molecule has 1 aliphatic rings. The number of rotatable bonds is 11. The van der Waals surface area contributed by atoms with Crippen LogP contribution in [-0.2, 0) is 33.4 Å². The number of ether oxygens (including phenoxy) is 1. The highest BCUT2D eigenvalue weighted by Crippen LogP contribution is 2.30. The third-order valence-corrected chi connectivity index (χ3v) is 7.04. The molecular formula is C21H30N4O3S2. The summed E-state index contributed by atoms with van der Waals surface area (Å²) < 4.78 is 33.3. The topological polar surface area (TPSA) is 76.5 Å². The Balaban J connectivity index is 1.87. The summed E-state index contributed by atoms with van der Waals surface area (Å²) in [6.45, 7) is 4.96. The molecule has 1 N–H and O–H groups in total. The van der Waals surface area contributed by atoms with Crippen LogP contribution in [0.2, 0.25) is 0 Å². The van der Waals surface area contributed by atoms with Crippen LogP contribution >= 0.6 is 12.2 Å². The second-order valence-electron chi connectivity index (χ2n) is 7.58. The molecule has 1 aromatic heterocycles. The van der Waals surface area contributed by atoms with Crippen molar-refractivity contribution in [2.24, 2.45) is 5.92 Å². The molecule has 1 aliphatic carbocycles. The quantitative estimate of drug-likeness (QED) is 0.527. The second-order valence-corrected chi connectivity index (χ2v) is 9.85. The van der Waals surface area contributed by atoms with Crippen molar-refractivity contribution in [2.45, 2.75) is 43.8 Å². The first-order valence-electron chi connectivity index (χ1n) is 10.3. The molecule has 0 aliphatic heterocycles. The predicted molar refractivity (Wildman–Crippen MR) is 121 cm³/mol. The molecular weight excluding hydrogens is 420 g/mol. The van der Waals surface area contributed by atoms with Crippen molar-refractivity contribution in [1.82, 2.24) is 19.8 Å². The maximum atomic E-state index is 13.1. The van der Waals surface area contributed by atoms with E-state index in [0.717, 1.165) is 24.3 Å². The van der Waals surface area contributed by atoms with Crippen molar-refractivity contribution < 1.29 is 13.2 Å².